The molecule has 1 aliphatic rings. The van der Waals surface area contributed by atoms with Crippen LogP contribution in [0.25, 0.3) is 76.8 Å². The van der Waals surface area contributed by atoms with Gasteiger partial charge in [0.2, 0.25) is 0 Å². The molecule has 82 heavy (non-hydrogen) atoms. The molecule has 0 spiro atoms. The summed E-state index contributed by atoms with van der Waals surface area (Å²) in [6.07, 6.45) is 29.9. The van der Waals surface area contributed by atoms with E-state index in [1.54, 1.807) is 11.1 Å². The van der Waals surface area contributed by atoms with Crippen LogP contribution in [0.15, 0.2) is 200 Å². The smallest absolute Gasteiger partial charge is 0.0462 e. The average molecular weight is 1080 g/mol. The first-order valence-electron chi connectivity index (χ1n) is 32.2. The SMILES string of the molecule is CCCCCCCCCCCCC1(CCCCCCCCCCCC)c2cc(C)ccc2-c2ccc(-c3ccc(N(c4ccc(C)cc4)c4ccc(-c5c6ccccc6c(-c6ccc7ccccc7c6)c6ccccc56)cc4)cc3)cc21. The molecule has 1 aliphatic carbocycles. The van der Waals surface area contributed by atoms with Crippen LogP contribution >= 0.6 is 0 Å². The van der Waals surface area contributed by atoms with E-state index in [0.29, 0.717) is 0 Å². The van der Waals surface area contributed by atoms with E-state index in [4.69, 9.17) is 0 Å². The van der Waals surface area contributed by atoms with Crippen molar-refractivity contribution in [2.75, 3.05) is 4.90 Å². The van der Waals surface area contributed by atoms with Gasteiger partial charge in [0, 0.05) is 22.5 Å². The Morgan fingerprint density at radius 3 is 1.18 bits per heavy atom. The number of rotatable bonds is 28. The molecule has 0 aliphatic heterocycles. The molecular formula is C81H89N. The monoisotopic (exact) mass is 1080 g/mol. The van der Waals surface area contributed by atoms with E-state index in [9.17, 15) is 0 Å². The van der Waals surface area contributed by atoms with Crippen LogP contribution in [-0.2, 0) is 5.41 Å². The second-order valence-corrected chi connectivity index (χ2v) is 24.4. The van der Waals surface area contributed by atoms with Crippen molar-refractivity contribution < 1.29 is 0 Å². The van der Waals surface area contributed by atoms with Gasteiger partial charge in [-0.15, -0.1) is 0 Å². The van der Waals surface area contributed by atoms with Gasteiger partial charge in [-0.1, -0.05) is 305 Å². The van der Waals surface area contributed by atoms with Crippen molar-refractivity contribution in [2.45, 2.75) is 174 Å². The van der Waals surface area contributed by atoms with Gasteiger partial charge in [-0.05, 0) is 163 Å². The molecule has 0 unspecified atom stereocenters. The van der Waals surface area contributed by atoms with Crippen molar-refractivity contribution in [3.63, 3.8) is 0 Å². The maximum atomic E-state index is 2.63. The highest BCUT2D eigenvalue weighted by atomic mass is 15.1. The lowest BCUT2D eigenvalue weighted by molar-refractivity contribution is 0.397. The molecule has 0 bridgehead atoms. The zero-order chi connectivity index (χ0) is 56.1. The van der Waals surface area contributed by atoms with Gasteiger partial charge in [0.1, 0.15) is 0 Å². The van der Waals surface area contributed by atoms with Crippen molar-refractivity contribution >= 4 is 49.4 Å². The number of benzene rings is 10. The van der Waals surface area contributed by atoms with Crippen molar-refractivity contribution in [2.24, 2.45) is 0 Å². The third kappa shape index (κ3) is 12.6. The number of unbranched alkanes of at least 4 members (excludes halogenated alkanes) is 18. The summed E-state index contributed by atoms with van der Waals surface area (Å²) in [5.74, 6) is 0. The van der Waals surface area contributed by atoms with E-state index in [1.165, 1.54) is 229 Å². The van der Waals surface area contributed by atoms with Gasteiger partial charge < -0.3 is 4.90 Å². The number of aryl methyl sites for hydroxylation is 2. The average Bonchev–Trinajstić information content (AvgIpc) is 2.98. The third-order valence-corrected chi connectivity index (χ3v) is 18.6. The fraction of sp³-hybridized carbons (Fsp3) is 0.333. The third-order valence-electron chi connectivity index (χ3n) is 18.6. The van der Waals surface area contributed by atoms with Crippen molar-refractivity contribution in [3.8, 4) is 44.5 Å². The first-order chi connectivity index (χ1) is 40.4. The Hall–Kier alpha value is -7.22. The fourth-order valence-electron chi connectivity index (χ4n) is 14.1. The Bertz CT molecular complexity index is 3610. The minimum atomic E-state index is 0.0409. The molecule has 0 saturated heterocycles. The van der Waals surface area contributed by atoms with Crippen LogP contribution in [0, 0.1) is 13.8 Å². The van der Waals surface area contributed by atoms with Gasteiger partial charge >= 0.3 is 0 Å². The predicted molar refractivity (Wildman–Crippen MR) is 359 cm³/mol. The summed E-state index contributed by atoms with van der Waals surface area (Å²) in [5, 5.41) is 7.60. The topological polar surface area (TPSA) is 3.24 Å². The van der Waals surface area contributed by atoms with E-state index in [2.05, 4.69) is 233 Å². The van der Waals surface area contributed by atoms with Crippen LogP contribution < -0.4 is 4.90 Å². The number of anilines is 3. The highest BCUT2D eigenvalue weighted by Gasteiger charge is 2.42. The fourth-order valence-corrected chi connectivity index (χ4v) is 14.1. The second-order valence-electron chi connectivity index (χ2n) is 24.4. The van der Waals surface area contributed by atoms with E-state index in [0.717, 1.165) is 17.1 Å². The van der Waals surface area contributed by atoms with Crippen LogP contribution in [0.5, 0.6) is 0 Å². The number of nitrogens with zero attached hydrogens (tertiary/aromatic N) is 1. The lowest BCUT2D eigenvalue weighted by atomic mass is 9.70. The van der Waals surface area contributed by atoms with E-state index >= 15 is 0 Å². The molecule has 10 aromatic carbocycles. The molecule has 1 nitrogen and oxygen atoms in total. The summed E-state index contributed by atoms with van der Waals surface area (Å²) in [7, 11) is 0. The first kappa shape index (κ1) is 56.6. The molecule has 0 fully saturated rings. The molecule has 0 amide bonds. The molecule has 0 heterocycles. The van der Waals surface area contributed by atoms with Crippen LogP contribution in [0.3, 0.4) is 0 Å². The molecule has 10 aromatic rings. The summed E-state index contributed by atoms with van der Waals surface area (Å²) in [4.78, 5) is 2.43. The molecule has 0 atom stereocenters. The summed E-state index contributed by atoms with van der Waals surface area (Å²) in [5.41, 5.74) is 19.9. The lowest BCUT2D eigenvalue weighted by Crippen LogP contribution is -2.25. The van der Waals surface area contributed by atoms with E-state index in [-0.39, 0.29) is 5.41 Å². The van der Waals surface area contributed by atoms with Crippen molar-refractivity contribution in [3.05, 3.63) is 222 Å². The van der Waals surface area contributed by atoms with Crippen LogP contribution in [-0.4, -0.2) is 0 Å². The maximum absolute atomic E-state index is 2.63. The molecule has 1 heteroatoms. The Labute approximate surface area is 492 Å². The zero-order valence-corrected chi connectivity index (χ0v) is 50.1. The lowest BCUT2D eigenvalue weighted by Gasteiger charge is -2.33. The first-order valence-corrected chi connectivity index (χ1v) is 32.2. The normalized spacial score (nSPS) is 12.6. The summed E-state index contributed by atoms with van der Waals surface area (Å²) in [6.45, 7) is 9.13. The Kier molecular flexibility index (Phi) is 18.8. The zero-order valence-electron chi connectivity index (χ0n) is 50.1. The quantitative estimate of drug-likeness (QED) is 0.0349. The molecule has 0 saturated carbocycles. The molecule has 0 radical (unpaired) electrons. The number of hydrogen-bond donors (Lipinski definition) is 0. The Morgan fingerprint density at radius 1 is 0.293 bits per heavy atom. The summed E-state index contributed by atoms with van der Waals surface area (Å²) < 4.78 is 0. The summed E-state index contributed by atoms with van der Waals surface area (Å²) in [6, 6.07) is 76.4. The van der Waals surface area contributed by atoms with E-state index < -0.39 is 0 Å². The standard InChI is InChI=1S/C81H89N/c1-5-7-9-11-13-15-17-19-21-29-55-81(56-30-22-20-18-16-14-12-10-8-6-2)77-57-61(4)39-53-71(77)72-54-46-66(59-78(72)81)63-42-49-69(50-43-63)82(68-47-37-60(3)38-48-68)70-51-44-64(45-52-70)79-73-33-25-27-35-75(73)80(76-36-28-26-34-74(76)79)67-41-40-62-31-23-24-32-65(62)58-67/h23-28,31-54,57-59H,5-22,29-30,55-56H2,1-4H3. The summed E-state index contributed by atoms with van der Waals surface area (Å²) >= 11 is 0. The molecule has 11 rings (SSSR count). The van der Waals surface area contributed by atoms with Gasteiger partial charge in [0.05, 0.1) is 0 Å². The highest BCUT2D eigenvalue weighted by Crippen LogP contribution is 2.55. The van der Waals surface area contributed by atoms with Crippen LogP contribution in [0.2, 0.25) is 0 Å². The van der Waals surface area contributed by atoms with Crippen LogP contribution in [0.1, 0.15) is 177 Å². The van der Waals surface area contributed by atoms with Gasteiger partial charge in [-0.25, -0.2) is 0 Å². The van der Waals surface area contributed by atoms with Gasteiger partial charge in [0.25, 0.3) is 0 Å². The molecular weight excluding hydrogens is 987 g/mol. The number of hydrogen-bond acceptors (Lipinski definition) is 1. The maximum Gasteiger partial charge on any atom is 0.0462 e. The number of fused-ring (bicyclic) bond motifs is 6. The van der Waals surface area contributed by atoms with Crippen molar-refractivity contribution in [1.82, 2.24) is 0 Å². The predicted octanol–water partition coefficient (Wildman–Crippen LogP) is 25.1. The Morgan fingerprint density at radius 2 is 0.671 bits per heavy atom. The highest BCUT2D eigenvalue weighted by molar-refractivity contribution is 6.21. The van der Waals surface area contributed by atoms with Crippen LogP contribution in [0.4, 0.5) is 17.1 Å². The van der Waals surface area contributed by atoms with Gasteiger partial charge in [-0.3, -0.25) is 0 Å². The Balaban J connectivity index is 0.892. The molecule has 418 valence electrons. The van der Waals surface area contributed by atoms with E-state index in [1.807, 2.05) is 0 Å². The second kappa shape index (κ2) is 27.2. The van der Waals surface area contributed by atoms with Gasteiger partial charge in [0.15, 0.2) is 0 Å². The molecule has 0 N–H and O–H groups in total. The van der Waals surface area contributed by atoms with Crippen molar-refractivity contribution in [1.29, 1.82) is 0 Å². The minimum Gasteiger partial charge on any atom is -0.311 e. The largest absolute Gasteiger partial charge is 0.311 e. The molecule has 0 aromatic heterocycles. The minimum absolute atomic E-state index is 0.0409. The van der Waals surface area contributed by atoms with Gasteiger partial charge in [-0.2, -0.15) is 0 Å².